The molecule has 0 bridgehead atoms. The summed E-state index contributed by atoms with van der Waals surface area (Å²) in [6, 6.07) is 3.70. The molecule has 3 rings (SSSR count). The lowest BCUT2D eigenvalue weighted by Crippen LogP contribution is -2.07. The van der Waals surface area contributed by atoms with Crippen LogP contribution in [0, 0.1) is 0 Å². The topological polar surface area (TPSA) is 54.4 Å². The molecule has 104 valence electrons. The number of hydrogen-bond donors (Lipinski definition) is 1. The number of ketones is 1. The molecule has 1 fully saturated rings. The second-order valence-electron chi connectivity index (χ2n) is 5.45. The summed E-state index contributed by atoms with van der Waals surface area (Å²) in [5.74, 6) is -1.04. The number of Topliss-reactive ketones (excluding diaryl/α,β-unsaturated/α-hetero) is 1. The first kappa shape index (κ1) is 13.4. The van der Waals surface area contributed by atoms with Gasteiger partial charge in [-0.3, -0.25) is 9.59 Å². The van der Waals surface area contributed by atoms with Crippen LogP contribution in [0.25, 0.3) is 6.08 Å². The van der Waals surface area contributed by atoms with Crippen LogP contribution in [0.1, 0.15) is 48.3 Å². The highest BCUT2D eigenvalue weighted by Crippen LogP contribution is 2.37. The van der Waals surface area contributed by atoms with Crippen LogP contribution >= 0.6 is 11.6 Å². The smallest absolute Gasteiger partial charge is 0.310 e. The number of rotatable bonds is 2. The Labute approximate surface area is 122 Å². The van der Waals surface area contributed by atoms with Gasteiger partial charge in [-0.05, 0) is 66.2 Å². The van der Waals surface area contributed by atoms with Gasteiger partial charge in [0, 0.05) is 11.4 Å². The Balaban J connectivity index is 2.00. The Kier molecular flexibility index (Phi) is 3.38. The highest BCUT2D eigenvalue weighted by Gasteiger charge is 2.29. The fraction of sp³-hybridized carbons (Fsp3) is 0.375. The van der Waals surface area contributed by atoms with Gasteiger partial charge in [-0.15, -0.1) is 0 Å². The van der Waals surface area contributed by atoms with E-state index >= 15 is 0 Å². The van der Waals surface area contributed by atoms with E-state index < -0.39 is 11.9 Å². The number of carboxylic acids is 1. The highest BCUT2D eigenvalue weighted by molar-refractivity contribution is 6.32. The zero-order valence-corrected chi connectivity index (χ0v) is 11.7. The van der Waals surface area contributed by atoms with Gasteiger partial charge in [0.05, 0.1) is 5.92 Å². The van der Waals surface area contributed by atoms with Gasteiger partial charge in [-0.2, -0.15) is 0 Å². The van der Waals surface area contributed by atoms with Crippen LogP contribution in [0.2, 0.25) is 5.02 Å². The number of fused-ring (bicyclic) bond motifs is 1. The number of hydrogen-bond acceptors (Lipinski definition) is 2. The van der Waals surface area contributed by atoms with E-state index in [1.807, 2.05) is 12.1 Å². The maximum atomic E-state index is 11.7. The summed E-state index contributed by atoms with van der Waals surface area (Å²) in [6.07, 6.45) is 5.59. The minimum absolute atomic E-state index is 0.199. The molecule has 20 heavy (non-hydrogen) atoms. The molecular weight excluding hydrogens is 276 g/mol. The molecule has 2 aliphatic carbocycles. The summed E-state index contributed by atoms with van der Waals surface area (Å²) in [5, 5.41) is 9.72. The fourth-order valence-corrected chi connectivity index (χ4v) is 3.32. The molecule has 1 unspecified atom stereocenters. The number of carbonyl (C=O) groups is 2. The molecule has 1 saturated carbocycles. The molecule has 3 nitrogen and oxygen atoms in total. The van der Waals surface area contributed by atoms with Crippen LogP contribution in [0.15, 0.2) is 17.7 Å². The number of benzene rings is 1. The lowest BCUT2D eigenvalue weighted by molar-refractivity contribution is -0.138. The zero-order chi connectivity index (χ0) is 14.3. The van der Waals surface area contributed by atoms with Gasteiger partial charge >= 0.3 is 5.97 Å². The molecule has 1 atom stereocenters. The van der Waals surface area contributed by atoms with Crippen LogP contribution < -0.4 is 0 Å². The van der Waals surface area contributed by atoms with E-state index in [2.05, 4.69) is 0 Å². The molecule has 0 aromatic heterocycles. The molecule has 0 saturated heterocycles. The van der Waals surface area contributed by atoms with Crippen molar-refractivity contribution < 1.29 is 14.7 Å². The van der Waals surface area contributed by atoms with E-state index in [1.165, 1.54) is 0 Å². The van der Waals surface area contributed by atoms with Crippen LogP contribution in [0.3, 0.4) is 0 Å². The second-order valence-corrected chi connectivity index (χ2v) is 5.86. The van der Waals surface area contributed by atoms with Crippen molar-refractivity contribution in [1.82, 2.24) is 0 Å². The van der Waals surface area contributed by atoms with Crippen LogP contribution in [-0.2, 0) is 16.0 Å². The van der Waals surface area contributed by atoms with Crippen molar-refractivity contribution in [1.29, 1.82) is 0 Å². The zero-order valence-electron chi connectivity index (χ0n) is 11.0. The molecule has 0 spiro atoms. The molecule has 4 heteroatoms. The average Bonchev–Trinajstić information content (AvgIpc) is 2.97. The van der Waals surface area contributed by atoms with E-state index in [1.54, 1.807) is 6.07 Å². The predicted octanol–water partition coefficient (Wildman–Crippen LogP) is 3.59. The predicted molar refractivity (Wildman–Crippen MR) is 77.0 cm³/mol. The quantitative estimate of drug-likeness (QED) is 0.847. The van der Waals surface area contributed by atoms with Gasteiger partial charge < -0.3 is 5.11 Å². The van der Waals surface area contributed by atoms with Gasteiger partial charge in [-0.25, -0.2) is 0 Å². The average molecular weight is 291 g/mol. The van der Waals surface area contributed by atoms with Crippen molar-refractivity contribution in [3.8, 4) is 0 Å². The van der Waals surface area contributed by atoms with E-state index in [9.17, 15) is 14.7 Å². The van der Waals surface area contributed by atoms with Crippen molar-refractivity contribution in [3.63, 3.8) is 0 Å². The summed E-state index contributed by atoms with van der Waals surface area (Å²) in [7, 11) is 0. The third kappa shape index (κ3) is 2.27. The number of halogens is 1. The Hall–Kier alpha value is -1.61. The SMILES string of the molecule is O=C1CCCC1=Cc1cc2c(cc1Cl)C(C(=O)O)CC2. The molecule has 0 aliphatic heterocycles. The minimum Gasteiger partial charge on any atom is -0.481 e. The molecular formula is C16H15ClO3. The summed E-state index contributed by atoms with van der Waals surface area (Å²) in [4.78, 5) is 22.9. The Morgan fingerprint density at radius 3 is 2.75 bits per heavy atom. The van der Waals surface area contributed by atoms with Crippen molar-refractivity contribution in [2.24, 2.45) is 0 Å². The molecule has 2 aliphatic rings. The first-order valence-corrected chi connectivity index (χ1v) is 7.23. The third-order valence-electron chi connectivity index (χ3n) is 4.17. The van der Waals surface area contributed by atoms with E-state index in [0.717, 1.165) is 41.5 Å². The van der Waals surface area contributed by atoms with Crippen LogP contribution in [0.5, 0.6) is 0 Å². The number of allylic oxidation sites excluding steroid dienone is 1. The van der Waals surface area contributed by atoms with Crippen LogP contribution in [0.4, 0.5) is 0 Å². The highest BCUT2D eigenvalue weighted by atomic mass is 35.5. The molecule has 0 heterocycles. The number of aryl methyl sites for hydroxylation is 1. The molecule has 1 aromatic rings. The van der Waals surface area contributed by atoms with Crippen molar-refractivity contribution in [3.05, 3.63) is 39.4 Å². The maximum Gasteiger partial charge on any atom is 0.310 e. The summed E-state index contributed by atoms with van der Waals surface area (Å²) >= 11 is 6.26. The number of carboxylic acid groups (broad SMARTS) is 1. The van der Waals surface area contributed by atoms with Gasteiger partial charge in [0.15, 0.2) is 5.78 Å². The van der Waals surface area contributed by atoms with E-state index in [0.29, 0.717) is 17.9 Å². The first-order valence-electron chi connectivity index (χ1n) is 6.85. The maximum absolute atomic E-state index is 11.7. The fourth-order valence-electron chi connectivity index (χ4n) is 3.10. The van der Waals surface area contributed by atoms with Crippen molar-refractivity contribution in [2.45, 2.75) is 38.0 Å². The summed E-state index contributed by atoms with van der Waals surface area (Å²) in [6.45, 7) is 0. The minimum atomic E-state index is -0.795. The van der Waals surface area contributed by atoms with Gasteiger partial charge in [0.1, 0.15) is 0 Å². The monoisotopic (exact) mass is 290 g/mol. The van der Waals surface area contributed by atoms with E-state index in [-0.39, 0.29) is 5.78 Å². The van der Waals surface area contributed by atoms with Gasteiger partial charge in [0.2, 0.25) is 0 Å². The van der Waals surface area contributed by atoms with Gasteiger partial charge in [-0.1, -0.05) is 11.6 Å². The summed E-state index contributed by atoms with van der Waals surface area (Å²) < 4.78 is 0. The molecule has 1 aromatic carbocycles. The third-order valence-corrected chi connectivity index (χ3v) is 4.50. The summed E-state index contributed by atoms with van der Waals surface area (Å²) in [5.41, 5.74) is 3.53. The van der Waals surface area contributed by atoms with E-state index in [4.69, 9.17) is 11.6 Å². The van der Waals surface area contributed by atoms with Gasteiger partial charge in [0.25, 0.3) is 0 Å². The first-order chi connectivity index (χ1) is 9.56. The standard InChI is InChI=1S/C16H15ClO3/c17-14-8-13-9(4-5-12(13)16(19)20)6-11(14)7-10-2-1-3-15(10)18/h6-8,12H,1-5H2,(H,19,20). The lowest BCUT2D eigenvalue weighted by atomic mass is 9.99. The lowest BCUT2D eigenvalue weighted by Gasteiger charge is -2.09. The largest absolute Gasteiger partial charge is 0.481 e. The number of aliphatic carboxylic acids is 1. The van der Waals surface area contributed by atoms with Crippen LogP contribution in [-0.4, -0.2) is 16.9 Å². The molecule has 1 N–H and O–H groups in total. The Bertz CT molecular complexity index is 631. The second kappa shape index (κ2) is 5.06. The van der Waals surface area contributed by atoms with Crippen molar-refractivity contribution in [2.75, 3.05) is 0 Å². The normalized spacial score (nSPS) is 23.4. The molecule has 0 amide bonds. The number of carbonyl (C=O) groups excluding carboxylic acids is 1. The Morgan fingerprint density at radius 1 is 1.30 bits per heavy atom. The molecule has 0 radical (unpaired) electrons. The Morgan fingerprint density at radius 2 is 2.10 bits per heavy atom. The van der Waals surface area contributed by atoms with Crippen molar-refractivity contribution >= 4 is 29.4 Å².